The molecule has 1 N–H and O–H groups in total. The summed E-state index contributed by atoms with van der Waals surface area (Å²) in [5, 5.41) is 9.25. The average molecular weight is 323 g/mol. The molecule has 0 spiro atoms. The first kappa shape index (κ1) is 13.9. The number of para-hydroxylation sites is 2. The van der Waals surface area contributed by atoms with E-state index in [1.54, 1.807) is 0 Å². The molecule has 0 radical (unpaired) electrons. The smallest absolute Gasteiger partial charge is 0.139 e. The molecule has 0 bridgehead atoms. The maximum atomic E-state index is 9.25. The molecule has 0 amide bonds. The highest BCUT2D eigenvalue weighted by Gasteiger charge is 2.07. The van der Waals surface area contributed by atoms with Crippen LogP contribution in [0.1, 0.15) is 5.56 Å². The Morgan fingerprint density at radius 3 is 2.37 bits per heavy atom. The number of ether oxygens (including phenoxy) is 2. The third kappa shape index (κ3) is 3.98. The molecule has 2 aromatic rings. The Bertz CT molecular complexity index is 514. The van der Waals surface area contributed by atoms with Crippen LogP contribution >= 0.6 is 15.9 Å². The highest BCUT2D eigenvalue weighted by Crippen LogP contribution is 2.29. The van der Waals surface area contributed by atoms with Crippen molar-refractivity contribution in [2.24, 2.45) is 0 Å². The van der Waals surface area contributed by atoms with Gasteiger partial charge in [-0.3, -0.25) is 0 Å². The summed E-state index contributed by atoms with van der Waals surface area (Å²) in [4.78, 5) is 0. The minimum absolute atomic E-state index is 0.0473. The van der Waals surface area contributed by atoms with Gasteiger partial charge in [-0.1, -0.05) is 30.3 Å². The van der Waals surface area contributed by atoms with Gasteiger partial charge in [0.05, 0.1) is 11.1 Å². The highest BCUT2D eigenvalue weighted by atomic mass is 79.9. The van der Waals surface area contributed by atoms with Crippen LogP contribution in [0.4, 0.5) is 0 Å². The Balaban J connectivity index is 1.86. The standard InChI is InChI=1S/C15H15BrO3/c16-14-8-4-5-12(11-17)15(14)19-10-9-18-13-6-2-1-3-7-13/h1-8,17H,9-11H2. The molecule has 0 aliphatic carbocycles. The van der Waals surface area contributed by atoms with Crippen molar-refractivity contribution in [3.05, 3.63) is 58.6 Å². The first-order chi connectivity index (χ1) is 9.31. The van der Waals surface area contributed by atoms with E-state index in [1.165, 1.54) is 0 Å². The van der Waals surface area contributed by atoms with E-state index in [2.05, 4.69) is 15.9 Å². The first-order valence-corrected chi connectivity index (χ1v) is 6.79. The Morgan fingerprint density at radius 1 is 0.895 bits per heavy atom. The number of rotatable bonds is 6. The van der Waals surface area contributed by atoms with Crippen LogP contribution in [-0.4, -0.2) is 18.3 Å². The SMILES string of the molecule is OCc1cccc(Br)c1OCCOc1ccccc1. The molecule has 4 heteroatoms. The lowest BCUT2D eigenvalue weighted by Crippen LogP contribution is -2.10. The van der Waals surface area contributed by atoms with Gasteiger partial charge in [-0.05, 0) is 34.1 Å². The van der Waals surface area contributed by atoms with Crippen LogP contribution in [0, 0.1) is 0 Å². The summed E-state index contributed by atoms with van der Waals surface area (Å²) in [6.45, 7) is 0.828. The van der Waals surface area contributed by atoms with Crippen molar-refractivity contribution in [2.45, 2.75) is 6.61 Å². The van der Waals surface area contributed by atoms with Gasteiger partial charge in [-0.2, -0.15) is 0 Å². The van der Waals surface area contributed by atoms with Gasteiger partial charge in [0, 0.05) is 5.56 Å². The van der Waals surface area contributed by atoms with E-state index >= 15 is 0 Å². The molecule has 100 valence electrons. The van der Waals surface area contributed by atoms with Crippen molar-refractivity contribution in [3.63, 3.8) is 0 Å². The van der Waals surface area contributed by atoms with E-state index in [0.29, 0.717) is 19.0 Å². The molecule has 0 heterocycles. The Morgan fingerprint density at radius 2 is 1.63 bits per heavy atom. The van der Waals surface area contributed by atoms with E-state index in [0.717, 1.165) is 15.8 Å². The molecule has 19 heavy (non-hydrogen) atoms. The molecule has 3 nitrogen and oxygen atoms in total. The van der Waals surface area contributed by atoms with Crippen LogP contribution in [-0.2, 0) is 6.61 Å². The van der Waals surface area contributed by atoms with Crippen LogP contribution in [0.3, 0.4) is 0 Å². The normalized spacial score (nSPS) is 10.2. The fourth-order valence-electron chi connectivity index (χ4n) is 1.66. The van der Waals surface area contributed by atoms with Crippen LogP contribution in [0.2, 0.25) is 0 Å². The lowest BCUT2D eigenvalue weighted by molar-refractivity contribution is 0.209. The van der Waals surface area contributed by atoms with Gasteiger partial charge in [0.1, 0.15) is 24.7 Å². The molecule has 0 unspecified atom stereocenters. The maximum Gasteiger partial charge on any atom is 0.139 e. The van der Waals surface area contributed by atoms with E-state index in [-0.39, 0.29) is 6.61 Å². The van der Waals surface area contributed by atoms with Crippen molar-refractivity contribution < 1.29 is 14.6 Å². The van der Waals surface area contributed by atoms with Crippen LogP contribution in [0.5, 0.6) is 11.5 Å². The summed E-state index contributed by atoms with van der Waals surface area (Å²) in [5.74, 6) is 1.49. The summed E-state index contributed by atoms with van der Waals surface area (Å²) in [7, 11) is 0. The molecular formula is C15H15BrO3. The summed E-state index contributed by atoms with van der Waals surface area (Å²) in [5.41, 5.74) is 0.758. The van der Waals surface area contributed by atoms with Gasteiger partial charge in [-0.15, -0.1) is 0 Å². The number of benzene rings is 2. The van der Waals surface area contributed by atoms with Crippen LogP contribution in [0.15, 0.2) is 53.0 Å². The zero-order valence-corrected chi connectivity index (χ0v) is 12.0. The summed E-state index contributed by atoms with van der Waals surface area (Å²) in [6.07, 6.45) is 0. The van der Waals surface area contributed by atoms with E-state index in [4.69, 9.17) is 9.47 Å². The zero-order chi connectivity index (χ0) is 13.5. The van der Waals surface area contributed by atoms with Crippen molar-refractivity contribution in [2.75, 3.05) is 13.2 Å². The highest BCUT2D eigenvalue weighted by molar-refractivity contribution is 9.10. The fraction of sp³-hybridized carbons (Fsp3) is 0.200. The Kier molecular flexibility index (Phi) is 5.24. The van der Waals surface area contributed by atoms with Gasteiger partial charge in [0.2, 0.25) is 0 Å². The number of aliphatic hydroxyl groups is 1. The molecular weight excluding hydrogens is 308 g/mol. The third-order valence-electron chi connectivity index (χ3n) is 2.56. The summed E-state index contributed by atoms with van der Waals surface area (Å²) >= 11 is 3.41. The van der Waals surface area contributed by atoms with Crippen LogP contribution < -0.4 is 9.47 Å². The second kappa shape index (κ2) is 7.16. The molecule has 0 saturated carbocycles. The van der Waals surface area contributed by atoms with Gasteiger partial charge >= 0.3 is 0 Å². The van der Waals surface area contributed by atoms with Crippen molar-refractivity contribution in [1.29, 1.82) is 0 Å². The van der Waals surface area contributed by atoms with Crippen molar-refractivity contribution >= 4 is 15.9 Å². The minimum Gasteiger partial charge on any atom is -0.490 e. The average Bonchev–Trinajstić information content (AvgIpc) is 2.46. The van der Waals surface area contributed by atoms with Gasteiger partial charge in [-0.25, -0.2) is 0 Å². The fourth-order valence-corrected chi connectivity index (χ4v) is 2.18. The zero-order valence-electron chi connectivity index (χ0n) is 10.4. The largest absolute Gasteiger partial charge is 0.490 e. The number of aliphatic hydroxyl groups excluding tert-OH is 1. The number of hydrogen-bond donors (Lipinski definition) is 1. The maximum absolute atomic E-state index is 9.25. The monoisotopic (exact) mass is 322 g/mol. The van der Waals surface area contributed by atoms with Gasteiger partial charge in [0.15, 0.2) is 0 Å². The Labute approximate surface area is 120 Å². The Hall–Kier alpha value is -1.52. The molecule has 0 atom stereocenters. The first-order valence-electron chi connectivity index (χ1n) is 6.00. The predicted molar refractivity (Wildman–Crippen MR) is 77.5 cm³/mol. The van der Waals surface area contributed by atoms with Gasteiger partial charge < -0.3 is 14.6 Å². The third-order valence-corrected chi connectivity index (χ3v) is 3.18. The van der Waals surface area contributed by atoms with Crippen molar-refractivity contribution in [1.82, 2.24) is 0 Å². The molecule has 0 saturated heterocycles. The van der Waals surface area contributed by atoms with E-state index in [9.17, 15) is 5.11 Å². The van der Waals surface area contributed by atoms with Crippen LogP contribution in [0.25, 0.3) is 0 Å². The molecule has 2 aromatic carbocycles. The second-order valence-electron chi connectivity index (χ2n) is 3.90. The quantitative estimate of drug-likeness (QED) is 0.828. The number of halogens is 1. The molecule has 0 aliphatic rings. The predicted octanol–water partition coefficient (Wildman–Crippen LogP) is 3.40. The topological polar surface area (TPSA) is 38.7 Å². The molecule has 0 aromatic heterocycles. The van der Waals surface area contributed by atoms with E-state index in [1.807, 2.05) is 48.5 Å². The van der Waals surface area contributed by atoms with E-state index < -0.39 is 0 Å². The lowest BCUT2D eigenvalue weighted by atomic mass is 10.2. The molecule has 2 rings (SSSR count). The molecule has 0 aliphatic heterocycles. The lowest BCUT2D eigenvalue weighted by Gasteiger charge is -2.12. The van der Waals surface area contributed by atoms with Gasteiger partial charge in [0.25, 0.3) is 0 Å². The summed E-state index contributed by atoms with van der Waals surface area (Å²) in [6, 6.07) is 15.2. The van der Waals surface area contributed by atoms with Crippen molar-refractivity contribution in [3.8, 4) is 11.5 Å². The second-order valence-corrected chi connectivity index (χ2v) is 4.75. The summed E-state index contributed by atoms with van der Waals surface area (Å²) < 4.78 is 12.0. The molecule has 0 fully saturated rings. The minimum atomic E-state index is -0.0473. The number of hydrogen-bond acceptors (Lipinski definition) is 3.